The lowest BCUT2D eigenvalue weighted by Gasteiger charge is -2.15. The number of hydrogen-bond donors (Lipinski definition) is 0. The minimum absolute atomic E-state index is 0.0365. The SMILES string of the molecule is [2H]c1c([2H])c([2H])c2c(c1[2H])c1ccccc1n2-c1ccccc1-c1cccc(-n2c3ccccc3c3cc(-n4c5ccccc5c5ccccc54)cnc32)c1. The number of nitrogens with zero attached hydrogens (tertiary/aromatic N) is 4. The minimum atomic E-state index is -0.249. The van der Waals surface area contributed by atoms with Crippen molar-refractivity contribution in [3.63, 3.8) is 0 Å². The third-order valence-corrected chi connectivity index (χ3v) is 10.2. The Morgan fingerprint density at radius 2 is 0.980 bits per heavy atom. The van der Waals surface area contributed by atoms with Gasteiger partial charge in [0.2, 0.25) is 0 Å². The molecule has 0 aliphatic rings. The van der Waals surface area contributed by atoms with Gasteiger partial charge in [0.25, 0.3) is 0 Å². The molecule has 0 atom stereocenters. The molecule has 0 saturated heterocycles. The van der Waals surface area contributed by atoms with Gasteiger partial charge in [-0.2, -0.15) is 0 Å². The second kappa shape index (κ2) is 10.8. The van der Waals surface area contributed by atoms with E-state index in [0.717, 1.165) is 72.1 Å². The van der Waals surface area contributed by atoms with Crippen LogP contribution in [-0.2, 0) is 0 Å². The summed E-state index contributed by atoms with van der Waals surface area (Å²) in [4.78, 5) is 5.19. The number of fused-ring (bicyclic) bond motifs is 9. The van der Waals surface area contributed by atoms with Crippen LogP contribution in [0.5, 0.6) is 0 Å². The lowest BCUT2D eigenvalue weighted by molar-refractivity contribution is 1.11. The molecule has 0 aliphatic heterocycles. The van der Waals surface area contributed by atoms with Crippen LogP contribution in [0.3, 0.4) is 0 Å². The average Bonchev–Trinajstić information content (AvgIpc) is 3.88. The third kappa shape index (κ3) is 4.05. The topological polar surface area (TPSA) is 27.7 Å². The number of pyridine rings is 1. The summed E-state index contributed by atoms with van der Waals surface area (Å²) in [5.74, 6) is 0. The summed E-state index contributed by atoms with van der Waals surface area (Å²) >= 11 is 0. The van der Waals surface area contributed by atoms with E-state index in [-0.39, 0.29) is 24.2 Å². The van der Waals surface area contributed by atoms with Crippen LogP contribution in [-0.4, -0.2) is 18.7 Å². The van der Waals surface area contributed by atoms with Gasteiger partial charge in [0.15, 0.2) is 0 Å². The zero-order valence-corrected chi connectivity index (χ0v) is 27.3. The van der Waals surface area contributed by atoms with Gasteiger partial charge in [-0.15, -0.1) is 0 Å². The van der Waals surface area contributed by atoms with E-state index in [1.165, 1.54) is 10.8 Å². The number of para-hydroxylation sites is 6. The Labute approximate surface area is 299 Å². The third-order valence-electron chi connectivity index (χ3n) is 10.2. The van der Waals surface area contributed by atoms with Crippen LogP contribution in [0.4, 0.5) is 0 Å². The highest BCUT2D eigenvalue weighted by Crippen LogP contribution is 2.39. The fourth-order valence-corrected chi connectivity index (χ4v) is 8.06. The maximum Gasteiger partial charge on any atom is 0.145 e. The molecule has 0 fully saturated rings. The quantitative estimate of drug-likeness (QED) is 0.186. The highest BCUT2D eigenvalue weighted by molar-refractivity contribution is 6.12. The molecule has 0 N–H and O–H groups in total. The van der Waals surface area contributed by atoms with E-state index < -0.39 is 0 Å². The summed E-state index contributed by atoms with van der Waals surface area (Å²) in [5.41, 5.74) is 10.1. The Balaban J connectivity index is 1.12. The number of hydrogen-bond acceptors (Lipinski definition) is 1. The Hall–Kier alpha value is -6.91. The molecule has 4 heterocycles. The zero-order valence-electron chi connectivity index (χ0n) is 31.3. The standard InChI is InChI=1S/C47H30N4/c1-7-22-41(51-45-26-11-4-19-37(45)38-20-5-12-27-46(38)51)34(16-1)31-14-13-15-32(28-31)50-44-25-10-6-21-39(44)40-29-33(30-48-47(40)50)49-42-23-8-2-17-35(42)36-18-3-9-24-43(36)49/h1-30H/i4D,11D,19D,26D. The summed E-state index contributed by atoms with van der Waals surface area (Å²) < 4.78 is 41.4. The van der Waals surface area contributed by atoms with Crippen molar-refractivity contribution in [1.82, 2.24) is 18.7 Å². The number of benzene rings is 7. The number of aromatic nitrogens is 4. The Morgan fingerprint density at radius 3 is 1.71 bits per heavy atom. The first-order valence-electron chi connectivity index (χ1n) is 19.1. The van der Waals surface area contributed by atoms with E-state index in [9.17, 15) is 0 Å². The van der Waals surface area contributed by atoms with Gasteiger partial charge in [0, 0.05) is 43.6 Å². The molecule has 0 saturated carbocycles. The maximum atomic E-state index is 9.02. The van der Waals surface area contributed by atoms with Crippen molar-refractivity contribution < 1.29 is 5.48 Å². The first-order valence-corrected chi connectivity index (χ1v) is 17.1. The molecule has 0 amide bonds. The first-order chi connectivity index (χ1) is 27.0. The average molecular weight is 655 g/mol. The van der Waals surface area contributed by atoms with Gasteiger partial charge >= 0.3 is 0 Å². The molecule has 11 aromatic rings. The van der Waals surface area contributed by atoms with Gasteiger partial charge in [0.1, 0.15) is 5.65 Å². The Morgan fingerprint density at radius 1 is 0.412 bits per heavy atom. The molecule has 4 nitrogen and oxygen atoms in total. The van der Waals surface area contributed by atoms with Crippen LogP contribution in [0, 0.1) is 0 Å². The van der Waals surface area contributed by atoms with Gasteiger partial charge in [-0.1, -0.05) is 121 Å². The van der Waals surface area contributed by atoms with Crippen molar-refractivity contribution in [2.75, 3.05) is 0 Å². The van der Waals surface area contributed by atoms with E-state index >= 15 is 0 Å². The first kappa shape index (κ1) is 24.3. The fourth-order valence-electron chi connectivity index (χ4n) is 8.06. The molecular formula is C47H30N4. The van der Waals surface area contributed by atoms with Crippen LogP contribution in [0.25, 0.3) is 93.7 Å². The van der Waals surface area contributed by atoms with Gasteiger partial charge in [0.05, 0.1) is 50.6 Å². The second-order valence-electron chi connectivity index (χ2n) is 12.9. The van der Waals surface area contributed by atoms with Crippen LogP contribution in [0.15, 0.2) is 182 Å². The Bertz CT molecular complexity index is 3340. The molecule has 11 rings (SSSR count). The van der Waals surface area contributed by atoms with E-state index in [0.29, 0.717) is 10.9 Å². The molecule has 4 aromatic heterocycles. The van der Waals surface area contributed by atoms with Crippen molar-refractivity contribution >= 4 is 65.5 Å². The van der Waals surface area contributed by atoms with Crippen molar-refractivity contribution in [3.05, 3.63) is 182 Å². The highest BCUT2D eigenvalue weighted by atomic mass is 15.1. The molecule has 0 spiro atoms. The summed E-state index contributed by atoms with van der Waals surface area (Å²) in [5, 5.41) is 5.88. The van der Waals surface area contributed by atoms with E-state index in [1.54, 1.807) is 0 Å². The van der Waals surface area contributed by atoms with Gasteiger partial charge in [-0.25, -0.2) is 4.98 Å². The zero-order chi connectivity index (χ0) is 36.9. The van der Waals surface area contributed by atoms with Crippen LogP contribution in [0.2, 0.25) is 0 Å². The smallest absolute Gasteiger partial charge is 0.145 e. The van der Waals surface area contributed by atoms with Gasteiger partial charge < -0.3 is 9.13 Å². The summed E-state index contributed by atoms with van der Waals surface area (Å²) in [6, 6.07) is 51.4. The molecule has 0 radical (unpaired) electrons. The van der Waals surface area contributed by atoms with Gasteiger partial charge in [-0.05, 0) is 60.1 Å². The van der Waals surface area contributed by atoms with Crippen molar-refractivity contribution in [1.29, 1.82) is 0 Å². The molecule has 238 valence electrons. The minimum Gasteiger partial charge on any atom is -0.309 e. The lowest BCUT2D eigenvalue weighted by Crippen LogP contribution is -1.99. The molecule has 0 aliphatic carbocycles. The summed E-state index contributed by atoms with van der Waals surface area (Å²) in [6.45, 7) is 0. The van der Waals surface area contributed by atoms with Crippen molar-refractivity contribution in [2.24, 2.45) is 0 Å². The normalized spacial score (nSPS) is 13.0. The molecule has 4 heteroatoms. The monoisotopic (exact) mass is 654 g/mol. The number of rotatable bonds is 4. The molecule has 51 heavy (non-hydrogen) atoms. The Kier molecular flexibility index (Phi) is 5.14. The molecule has 0 bridgehead atoms. The van der Waals surface area contributed by atoms with E-state index in [1.807, 2.05) is 53.2 Å². The highest BCUT2D eigenvalue weighted by Gasteiger charge is 2.19. The molecular weight excluding hydrogens is 621 g/mol. The second-order valence-corrected chi connectivity index (χ2v) is 12.9. The summed E-state index contributed by atoms with van der Waals surface area (Å²) in [6.07, 6.45) is 1.97. The van der Waals surface area contributed by atoms with Crippen molar-refractivity contribution in [3.8, 4) is 28.2 Å². The summed E-state index contributed by atoms with van der Waals surface area (Å²) in [7, 11) is 0. The van der Waals surface area contributed by atoms with Crippen LogP contribution >= 0.6 is 0 Å². The van der Waals surface area contributed by atoms with Crippen LogP contribution in [0.1, 0.15) is 5.48 Å². The van der Waals surface area contributed by atoms with E-state index in [4.69, 9.17) is 10.5 Å². The van der Waals surface area contributed by atoms with Crippen molar-refractivity contribution in [2.45, 2.75) is 0 Å². The molecule has 0 unspecified atom stereocenters. The lowest BCUT2D eigenvalue weighted by atomic mass is 10.0. The fraction of sp³-hybridized carbons (Fsp3) is 0. The largest absolute Gasteiger partial charge is 0.309 e. The van der Waals surface area contributed by atoms with Crippen LogP contribution < -0.4 is 0 Å². The predicted molar refractivity (Wildman–Crippen MR) is 213 cm³/mol. The molecule has 7 aromatic carbocycles. The maximum absolute atomic E-state index is 9.02. The predicted octanol–water partition coefficient (Wildman–Crippen LogP) is 12.0. The van der Waals surface area contributed by atoms with E-state index in [2.05, 4.69) is 118 Å². The van der Waals surface area contributed by atoms with Gasteiger partial charge in [-0.3, -0.25) is 4.57 Å².